The van der Waals surface area contributed by atoms with Crippen LogP contribution < -0.4 is 4.90 Å². The lowest BCUT2D eigenvalue weighted by atomic mass is 9.77. The Morgan fingerprint density at radius 2 is 2.14 bits per heavy atom. The lowest BCUT2D eigenvalue weighted by Gasteiger charge is -2.29. The summed E-state index contributed by atoms with van der Waals surface area (Å²) in [6.07, 6.45) is 6.47. The number of rotatable bonds is 2. The van der Waals surface area contributed by atoms with Crippen LogP contribution in [0.1, 0.15) is 50.5 Å². The normalized spacial score (nSPS) is 20.7. The Labute approximate surface area is 129 Å². The number of nitrogens with zero attached hydrogens (tertiary/aromatic N) is 3. The third kappa shape index (κ3) is 2.71. The van der Waals surface area contributed by atoms with E-state index in [4.69, 9.17) is 0 Å². The summed E-state index contributed by atoms with van der Waals surface area (Å²) in [7, 11) is 0. The molecule has 1 aliphatic rings. The molecule has 1 aliphatic heterocycles. The third-order valence-corrected chi connectivity index (χ3v) is 5.40. The maximum absolute atomic E-state index is 11.5. The van der Waals surface area contributed by atoms with Crippen molar-refractivity contribution in [3.05, 3.63) is 17.3 Å². The van der Waals surface area contributed by atoms with Crippen LogP contribution in [0, 0.1) is 11.3 Å². The number of anilines is 1. The number of aromatic nitrogens is 2. The Balaban J connectivity index is 1.86. The molecule has 2 aromatic rings. The highest BCUT2D eigenvalue weighted by molar-refractivity contribution is 7.15. The van der Waals surface area contributed by atoms with E-state index < -0.39 is 0 Å². The zero-order valence-corrected chi connectivity index (χ0v) is 13.8. The molecular weight excluding hydrogens is 282 g/mol. The summed E-state index contributed by atoms with van der Waals surface area (Å²) in [5.74, 6) is 1.61. The molecule has 0 aromatic carbocycles. The van der Waals surface area contributed by atoms with E-state index >= 15 is 0 Å². The van der Waals surface area contributed by atoms with Crippen molar-refractivity contribution in [1.29, 1.82) is 0 Å². The highest BCUT2D eigenvalue weighted by Gasteiger charge is 2.28. The quantitative estimate of drug-likeness (QED) is 0.791. The number of thiazole rings is 1. The molecule has 4 nitrogen and oxygen atoms in total. The van der Waals surface area contributed by atoms with Crippen molar-refractivity contribution in [2.45, 2.75) is 40.0 Å². The van der Waals surface area contributed by atoms with Crippen molar-refractivity contribution in [1.82, 2.24) is 9.38 Å². The van der Waals surface area contributed by atoms with Crippen molar-refractivity contribution in [3.63, 3.8) is 0 Å². The Kier molecular flexibility index (Phi) is 3.78. The molecule has 1 saturated heterocycles. The second-order valence-electron chi connectivity index (χ2n) is 6.97. The van der Waals surface area contributed by atoms with Crippen molar-refractivity contribution in [3.8, 4) is 0 Å². The second kappa shape index (κ2) is 5.44. The SMILES string of the molecule is CC(C)(C)C1CCCN(c2nc3sccn3c2C=O)CC1. The van der Waals surface area contributed by atoms with Gasteiger partial charge < -0.3 is 4.90 Å². The first kappa shape index (κ1) is 14.6. The number of hydrogen-bond donors (Lipinski definition) is 0. The van der Waals surface area contributed by atoms with Crippen molar-refractivity contribution in [2.75, 3.05) is 18.0 Å². The fourth-order valence-corrected chi connectivity index (χ4v) is 4.02. The molecule has 1 fully saturated rings. The molecule has 5 heteroatoms. The molecule has 0 spiro atoms. The zero-order chi connectivity index (χ0) is 15.0. The largest absolute Gasteiger partial charge is 0.355 e. The molecular formula is C16H23N3OS. The number of carbonyl (C=O) groups is 1. The van der Waals surface area contributed by atoms with E-state index in [0.29, 0.717) is 11.1 Å². The van der Waals surface area contributed by atoms with Crippen LogP contribution in [0.5, 0.6) is 0 Å². The van der Waals surface area contributed by atoms with Crippen LogP contribution in [-0.2, 0) is 0 Å². The second-order valence-corrected chi connectivity index (χ2v) is 7.85. The molecule has 0 radical (unpaired) electrons. The summed E-state index contributed by atoms with van der Waals surface area (Å²) in [4.78, 5) is 19.3. The van der Waals surface area contributed by atoms with Gasteiger partial charge in [-0.25, -0.2) is 4.98 Å². The summed E-state index contributed by atoms with van der Waals surface area (Å²) >= 11 is 1.58. The van der Waals surface area contributed by atoms with E-state index in [2.05, 4.69) is 30.7 Å². The number of aldehydes is 1. The van der Waals surface area contributed by atoms with Crippen LogP contribution in [0.25, 0.3) is 4.96 Å². The van der Waals surface area contributed by atoms with Gasteiger partial charge in [0, 0.05) is 24.7 Å². The molecule has 0 bridgehead atoms. The van der Waals surface area contributed by atoms with Gasteiger partial charge in [0.25, 0.3) is 0 Å². The first-order chi connectivity index (χ1) is 10.0. The lowest BCUT2D eigenvalue weighted by Crippen LogP contribution is -2.27. The number of fused-ring (bicyclic) bond motifs is 1. The van der Waals surface area contributed by atoms with Crippen LogP contribution >= 0.6 is 11.3 Å². The van der Waals surface area contributed by atoms with Crippen molar-refractivity contribution >= 4 is 28.4 Å². The van der Waals surface area contributed by atoms with Gasteiger partial charge in [0.15, 0.2) is 17.1 Å². The van der Waals surface area contributed by atoms with E-state index in [1.54, 1.807) is 11.3 Å². The number of carbonyl (C=O) groups excluding carboxylic acids is 1. The minimum atomic E-state index is 0.359. The summed E-state index contributed by atoms with van der Waals surface area (Å²) < 4.78 is 1.90. The van der Waals surface area contributed by atoms with Gasteiger partial charge in [0.1, 0.15) is 5.69 Å². The highest BCUT2D eigenvalue weighted by Crippen LogP contribution is 2.35. The first-order valence-corrected chi connectivity index (χ1v) is 8.54. The summed E-state index contributed by atoms with van der Waals surface area (Å²) in [6.45, 7) is 8.98. The monoisotopic (exact) mass is 305 g/mol. The van der Waals surface area contributed by atoms with E-state index in [-0.39, 0.29) is 0 Å². The average Bonchev–Trinajstić information content (AvgIpc) is 2.89. The van der Waals surface area contributed by atoms with Gasteiger partial charge in [-0.3, -0.25) is 9.20 Å². The molecule has 3 heterocycles. The predicted octanol–water partition coefficient (Wildman–Crippen LogP) is 3.86. The molecule has 114 valence electrons. The Morgan fingerprint density at radius 1 is 1.33 bits per heavy atom. The summed E-state index contributed by atoms with van der Waals surface area (Å²) in [5.41, 5.74) is 1.05. The van der Waals surface area contributed by atoms with Gasteiger partial charge >= 0.3 is 0 Å². The van der Waals surface area contributed by atoms with E-state index in [9.17, 15) is 4.79 Å². The molecule has 0 N–H and O–H groups in total. The van der Waals surface area contributed by atoms with Crippen molar-refractivity contribution in [2.24, 2.45) is 11.3 Å². The predicted molar refractivity (Wildman–Crippen MR) is 87.5 cm³/mol. The molecule has 2 aromatic heterocycles. The molecule has 0 saturated carbocycles. The first-order valence-electron chi connectivity index (χ1n) is 7.66. The van der Waals surface area contributed by atoms with E-state index in [0.717, 1.165) is 36.1 Å². The lowest BCUT2D eigenvalue weighted by molar-refractivity contribution is 0.111. The van der Waals surface area contributed by atoms with Crippen LogP contribution in [0.15, 0.2) is 11.6 Å². The van der Waals surface area contributed by atoms with Crippen molar-refractivity contribution < 1.29 is 4.79 Å². The minimum Gasteiger partial charge on any atom is -0.355 e. The Hall–Kier alpha value is -1.36. The fraction of sp³-hybridized carbons (Fsp3) is 0.625. The maximum Gasteiger partial charge on any atom is 0.196 e. The van der Waals surface area contributed by atoms with Gasteiger partial charge in [0.2, 0.25) is 0 Å². The molecule has 3 rings (SSSR count). The van der Waals surface area contributed by atoms with Crippen LogP contribution in [0.2, 0.25) is 0 Å². The van der Waals surface area contributed by atoms with E-state index in [1.807, 2.05) is 16.0 Å². The van der Waals surface area contributed by atoms with Crippen LogP contribution in [-0.4, -0.2) is 28.8 Å². The standard InChI is InChI=1S/C16H23N3OS/c1-16(2,3)12-5-4-7-18(8-6-12)14-13(11-20)19-9-10-21-15(19)17-14/h9-12H,4-8H2,1-3H3. The molecule has 1 unspecified atom stereocenters. The van der Waals surface area contributed by atoms with Gasteiger partial charge in [-0.2, -0.15) is 0 Å². The van der Waals surface area contributed by atoms with Gasteiger partial charge in [-0.15, -0.1) is 11.3 Å². The Morgan fingerprint density at radius 3 is 2.86 bits per heavy atom. The zero-order valence-electron chi connectivity index (χ0n) is 13.0. The molecule has 0 aliphatic carbocycles. The smallest absolute Gasteiger partial charge is 0.196 e. The third-order valence-electron chi connectivity index (χ3n) is 4.64. The van der Waals surface area contributed by atoms with Gasteiger partial charge in [0.05, 0.1) is 0 Å². The summed E-state index contributed by atoms with van der Waals surface area (Å²) in [5, 5.41) is 1.97. The van der Waals surface area contributed by atoms with Crippen LogP contribution in [0.3, 0.4) is 0 Å². The minimum absolute atomic E-state index is 0.359. The summed E-state index contributed by atoms with van der Waals surface area (Å²) in [6, 6.07) is 0. The topological polar surface area (TPSA) is 37.6 Å². The van der Waals surface area contributed by atoms with E-state index in [1.165, 1.54) is 19.3 Å². The molecule has 1 atom stereocenters. The maximum atomic E-state index is 11.5. The molecule has 21 heavy (non-hydrogen) atoms. The highest BCUT2D eigenvalue weighted by atomic mass is 32.1. The molecule has 0 amide bonds. The average molecular weight is 305 g/mol. The van der Waals surface area contributed by atoms with Gasteiger partial charge in [-0.05, 0) is 30.6 Å². The van der Waals surface area contributed by atoms with Gasteiger partial charge in [-0.1, -0.05) is 20.8 Å². The number of hydrogen-bond acceptors (Lipinski definition) is 4. The van der Waals surface area contributed by atoms with Crippen LogP contribution in [0.4, 0.5) is 5.82 Å². The Bertz CT molecular complexity index is 638. The fourth-order valence-electron chi connectivity index (χ4n) is 3.31. The number of imidazole rings is 1.